The quantitative estimate of drug-likeness (QED) is 0.322. The number of rotatable bonds is 7. The van der Waals surface area contributed by atoms with Crippen LogP contribution in [0.3, 0.4) is 0 Å². The zero-order chi connectivity index (χ0) is 15.7. The summed E-state index contributed by atoms with van der Waals surface area (Å²) in [5.41, 5.74) is 0. The van der Waals surface area contributed by atoms with Crippen LogP contribution in [0.4, 0.5) is 0 Å². The van der Waals surface area contributed by atoms with Crippen LogP contribution in [0.25, 0.3) is 0 Å². The summed E-state index contributed by atoms with van der Waals surface area (Å²) in [7, 11) is 0. The number of hydrogen-bond donors (Lipinski definition) is 3. The highest BCUT2D eigenvalue weighted by Crippen LogP contribution is 2.27. The number of carbonyl (C=O) groups excluding carboxylic acids is 1. The molecule has 22 heavy (non-hydrogen) atoms. The Bertz CT molecular complexity index is 352. The maximum Gasteiger partial charge on any atom is 0.222 e. The van der Waals surface area contributed by atoms with Crippen molar-refractivity contribution in [1.29, 1.82) is 0 Å². The van der Waals surface area contributed by atoms with Crippen LogP contribution in [-0.4, -0.2) is 48.5 Å². The number of carbonyl (C=O) groups is 1. The fourth-order valence-corrected chi connectivity index (χ4v) is 3.26. The molecule has 0 bridgehead atoms. The number of guanidine groups is 1. The van der Waals surface area contributed by atoms with Gasteiger partial charge in [0.1, 0.15) is 0 Å². The lowest BCUT2D eigenvalue weighted by atomic mass is 10.2. The van der Waals surface area contributed by atoms with Gasteiger partial charge in [0.2, 0.25) is 5.91 Å². The van der Waals surface area contributed by atoms with Crippen molar-refractivity contribution in [2.45, 2.75) is 63.8 Å². The van der Waals surface area contributed by atoms with Gasteiger partial charge in [0.05, 0.1) is 6.54 Å². The van der Waals surface area contributed by atoms with Crippen molar-refractivity contribution in [1.82, 2.24) is 16.0 Å². The molecule has 1 aliphatic rings. The zero-order valence-electron chi connectivity index (χ0n) is 14.1. The molecule has 7 heteroatoms. The number of halogens is 1. The molecule has 0 aromatic rings. The monoisotopic (exact) mass is 442 g/mol. The Hall–Kier alpha value is -0.180. The molecule has 0 radical (unpaired) electrons. The molecule has 1 amide bonds. The standard InChI is InChI=1S/C15H30N4OS.HI/c1-5-16-15(17-9-8-14(20)18-11(2)3)19-12-6-7-13(10-12)21-4;/h11-13H,5-10H2,1-4H3,(H,18,20)(H2,16,17,19);1H. The Balaban J connectivity index is 0.00000441. The van der Waals surface area contributed by atoms with Crippen molar-refractivity contribution in [3.8, 4) is 0 Å². The van der Waals surface area contributed by atoms with Crippen molar-refractivity contribution in [3.05, 3.63) is 0 Å². The SMILES string of the molecule is CCNC(=NCCC(=O)NC(C)C)NC1CCC(SC)C1.I. The molecular formula is C15H31IN4OS. The smallest absolute Gasteiger partial charge is 0.222 e. The van der Waals surface area contributed by atoms with Crippen LogP contribution in [0.2, 0.25) is 0 Å². The summed E-state index contributed by atoms with van der Waals surface area (Å²) in [4.78, 5) is 16.1. The van der Waals surface area contributed by atoms with E-state index in [1.165, 1.54) is 19.3 Å². The molecule has 0 aromatic heterocycles. The van der Waals surface area contributed by atoms with Crippen molar-refractivity contribution in [2.24, 2.45) is 4.99 Å². The van der Waals surface area contributed by atoms with Crippen LogP contribution in [0, 0.1) is 0 Å². The van der Waals surface area contributed by atoms with E-state index in [2.05, 4.69) is 34.1 Å². The van der Waals surface area contributed by atoms with E-state index in [1.54, 1.807) is 0 Å². The molecule has 0 aliphatic heterocycles. The molecule has 2 atom stereocenters. The van der Waals surface area contributed by atoms with Crippen LogP contribution in [-0.2, 0) is 4.79 Å². The van der Waals surface area contributed by atoms with Gasteiger partial charge in [0.15, 0.2) is 5.96 Å². The molecule has 1 fully saturated rings. The second-order valence-corrected chi connectivity index (χ2v) is 6.88. The van der Waals surface area contributed by atoms with Crippen LogP contribution in [0.15, 0.2) is 4.99 Å². The Kier molecular flexibility index (Phi) is 12.2. The summed E-state index contributed by atoms with van der Waals surface area (Å²) in [6, 6.07) is 0.694. The maximum absolute atomic E-state index is 11.6. The lowest BCUT2D eigenvalue weighted by Gasteiger charge is -2.17. The van der Waals surface area contributed by atoms with E-state index in [1.807, 2.05) is 25.6 Å². The molecule has 0 spiro atoms. The first-order valence-corrected chi connectivity index (χ1v) is 9.21. The highest BCUT2D eigenvalue weighted by atomic mass is 127. The average molecular weight is 442 g/mol. The van der Waals surface area contributed by atoms with Crippen molar-refractivity contribution < 1.29 is 4.79 Å². The minimum atomic E-state index is 0. The Morgan fingerprint density at radius 2 is 2.09 bits per heavy atom. The predicted molar refractivity (Wildman–Crippen MR) is 107 cm³/mol. The topological polar surface area (TPSA) is 65.5 Å². The van der Waals surface area contributed by atoms with Crippen LogP contribution >= 0.6 is 35.7 Å². The van der Waals surface area contributed by atoms with E-state index in [4.69, 9.17) is 0 Å². The first-order valence-electron chi connectivity index (χ1n) is 7.92. The second kappa shape index (κ2) is 12.3. The van der Waals surface area contributed by atoms with Gasteiger partial charge in [0.25, 0.3) is 0 Å². The van der Waals surface area contributed by atoms with E-state index < -0.39 is 0 Å². The Morgan fingerprint density at radius 3 is 2.64 bits per heavy atom. The highest BCUT2D eigenvalue weighted by molar-refractivity contribution is 14.0. The van der Waals surface area contributed by atoms with Crippen molar-refractivity contribution >= 4 is 47.6 Å². The minimum Gasteiger partial charge on any atom is -0.357 e. The molecule has 5 nitrogen and oxygen atoms in total. The van der Waals surface area contributed by atoms with E-state index in [-0.39, 0.29) is 35.9 Å². The van der Waals surface area contributed by atoms with Gasteiger partial charge < -0.3 is 16.0 Å². The third-order valence-electron chi connectivity index (χ3n) is 3.46. The molecule has 0 aromatic carbocycles. The maximum atomic E-state index is 11.6. The largest absolute Gasteiger partial charge is 0.357 e. The number of aliphatic imine (C=N–C) groups is 1. The Morgan fingerprint density at radius 1 is 1.36 bits per heavy atom. The molecule has 1 aliphatic carbocycles. The van der Waals surface area contributed by atoms with Gasteiger partial charge in [-0.2, -0.15) is 11.8 Å². The first kappa shape index (κ1) is 21.8. The molecule has 2 unspecified atom stereocenters. The van der Waals surface area contributed by atoms with Gasteiger partial charge in [-0.1, -0.05) is 0 Å². The fraction of sp³-hybridized carbons (Fsp3) is 0.867. The predicted octanol–water partition coefficient (Wildman–Crippen LogP) is 2.36. The number of nitrogens with zero attached hydrogens (tertiary/aromatic N) is 1. The van der Waals surface area contributed by atoms with E-state index in [0.29, 0.717) is 19.0 Å². The summed E-state index contributed by atoms with van der Waals surface area (Å²) >= 11 is 1.95. The average Bonchev–Trinajstić information content (AvgIpc) is 2.85. The van der Waals surface area contributed by atoms with Gasteiger partial charge in [-0.25, -0.2) is 0 Å². The molecular weight excluding hydrogens is 411 g/mol. The number of thioether (sulfide) groups is 1. The molecule has 3 N–H and O–H groups in total. The Labute approximate surface area is 156 Å². The summed E-state index contributed by atoms with van der Waals surface area (Å²) in [5.74, 6) is 0.898. The number of amides is 1. The first-order chi connectivity index (χ1) is 10.0. The number of nitrogens with one attached hydrogen (secondary N) is 3. The van der Waals surface area contributed by atoms with Gasteiger partial charge in [-0.15, -0.1) is 24.0 Å². The van der Waals surface area contributed by atoms with Gasteiger partial charge >= 0.3 is 0 Å². The highest BCUT2D eigenvalue weighted by Gasteiger charge is 2.24. The fourth-order valence-electron chi connectivity index (χ4n) is 2.46. The minimum absolute atomic E-state index is 0. The summed E-state index contributed by atoms with van der Waals surface area (Å²) in [6.45, 7) is 7.35. The molecule has 0 saturated heterocycles. The molecule has 130 valence electrons. The van der Waals surface area contributed by atoms with Gasteiger partial charge in [-0.05, 0) is 46.3 Å². The van der Waals surface area contributed by atoms with E-state index in [0.717, 1.165) is 17.8 Å². The summed E-state index contributed by atoms with van der Waals surface area (Å²) in [5, 5.41) is 10.4. The van der Waals surface area contributed by atoms with Crippen molar-refractivity contribution in [2.75, 3.05) is 19.3 Å². The summed E-state index contributed by atoms with van der Waals surface area (Å²) < 4.78 is 0. The normalized spacial score (nSPS) is 21.4. The summed E-state index contributed by atoms with van der Waals surface area (Å²) in [6.07, 6.45) is 6.28. The number of hydrogen-bond acceptors (Lipinski definition) is 3. The van der Waals surface area contributed by atoms with E-state index in [9.17, 15) is 4.79 Å². The third-order valence-corrected chi connectivity index (χ3v) is 4.56. The van der Waals surface area contributed by atoms with Gasteiger partial charge in [0, 0.05) is 30.3 Å². The van der Waals surface area contributed by atoms with Crippen molar-refractivity contribution in [3.63, 3.8) is 0 Å². The third kappa shape index (κ3) is 9.07. The lowest BCUT2D eigenvalue weighted by molar-refractivity contribution is -0.121. The van der Waals surface area contributed by atoms with Crippen LogP contribution < -0.4 is 16.0 Å². The molecule has 0 heterocycles. The zero-order valence-corrected chi connectivity index (χ0v) is 17.3. The molecule has 1 saturated carbocycles. The molecule has 1 rings (SSSR count). The second-order valence-electron chi connectivity index (χ2n) is 5.74. The van der Waals surface area contributed by atoms with E-state index >= 15 is 0 Å². The van der Waals surface area contributed by atoms with Gasteiger partial charge in [-0.3, -0.25) is 9.79 Å². The lowest BCUT2D eigenvalue weighted by Crippen LogP contribution is -2.42. The van der Waals surface area contributed by atoms with Crippen LogP contribution in [0.5, 0.6) is 0 Å². The van der Waals surface area contributed by atoms with Crippen LogP contribution in [0.1, 0.15) is 46.5 Å².